The molecule has 0 amide bonds. The number of aryl methyl sites for hydroxylation is 1. The number of carbonyl (C=O) groups excluding carboxylic acids is 1. The summed E-state index contributed by atoms with van der Waals surface area (Å²) in [5.74, 6) is 0.759. The van der Waals surface area contributed by atoms with E-state index in [1.807, 2.05) is 0 Å². The molecule has 0 aliphatic carbocycles. The quantitative estimate of drug-likeness (QED) is 0.567. The summed E-state index contributed by atoms with van der Waals surface area (Å²) in [5, 5.41) is 14.5. The molecule has 0 aromatic carbocycles. The predicted molar refractivity (Wildman–Crippen MR) is 80.9 cm³/mol. The van der Waals surface area contributed by atoms with Gasteiger partial charge in [0.1, 0.15) is 18.5 Å². The van der Waals surface area contributed by atoms with Crippen molar-refractivity contribution >= 4 is 18.2 Å². The van der Waals surface area contributed by atoms with Crippen molar-refractivity contribution in [3.63, 3.8) is 0 Å². The van der Waals surface area contributed by atoms with Gasteiger partial charge in [-0.1, -0.05) is 6.42 Å². The van der Waals surface area contributed by atoms with E-state index in [1.165, 1.54) is 13.5 Å². The average Bonchev–Trinajstić information content (AvgIpc) is 2.90. The van der Waals surface area contributed by atoms with Crippen molar-refractivity contribution in [3.8, 4) is 0 Å². The van der Waals surface area contributed by atoms with Crippen molar-refractivity contribution in [3.05, 3.63) is 10.6 Å². The molecule has 1 aromatic rings. The number of hydrogen-bond acceptors (Lipinski definition) is 5. The first-order valence-corrected chi connectivity index (χ1v) is 8.28. The summed E-state index contributed by atoms with van der Waals surface area (Å²) in [5.41, 5.74) is 0. The molecule has 0 radical (unpaired) electrons. The van der Waals surface area contributed by atoms with E-state index in [0.29, 0.717) is 19.6 Å². The second-order valence-electron chi connectivity index (χ2n) is 6.15. The lowest BCUT2D eigenvalue weighted by molar-refractivity contribution is -0.928. The SMILES string of the molecule is COC(=O)[C@@H]1C[C@H](O)C[NH+]1Cn1nc2n(c1=S)CCCCC2. The molecule has 1 fully saturated rings. The summed E-state index contributed by atoms with van der Waals surface area (Å²) < 4.78 is 9.48. The molecule has 8 heteroatoms. The van der Waals surface area contributed by atoms with Crippen LogP contribution in [0.2, 0.25) is 0 Å². The van der Waals surface area contributed by atoms with E-state index in [0.717, 1.165) is 41.3 Å². The van der Waals surface area contributed by atoms with Crippen LogP contribution in [-0.2, 0) is 29.2 Å². The molecule has 1 aromatic heterocycles. The fourth-order valence-corrected chi connectivity index (χ4v) is 3.77. The molecule has 0 saturated carbocycles. The van der Waals surface area contributed by atoms with Gasteiger partial charge in [-0.25, -0.2) is 4.79 Å². The van der Waals surface area contributed by atoms with Gasteiger partial charge in [-0.3, -0.25) is 0 Å². The number of quaternary nitrogens is 1. The number of ether oxygens (including phenoxy) is 1. The zero-order chi connectivity index (χ0) is 15.7. The van der Waals surface area contributed by atoms with Crippen LogP contribution < -0.4 is 4.90 Å². The number of rotatable bonds is 3. The largest absolute Gasteiger partial charge is 0.465 e. The van der Waals surface area contributed by atoms with E-state index in [-0.39, 0.29) is 12.0 Å². The number of nitrogens with one attached hydrogen (secondary N) is 1. The van der Waals surface area contributed by atoms with E-state index in [1.54, 1.807) is 4.68 Å². The van der Waals surface area contributed by atoms with E-state index >= 15 is 0 Å². The van der Waals surface area contributed by atoms with Gasteiger partial charge in [0.2, 0.25) is 4.77 Å². The number of carbonyl (C=O) groups is 1. The fourth-order valence-electron chi connectivity index (χ4n) is 3.47. The average molecular weight is 327 g/mol. The summed E-state index contributed by atoms with van der Waals surface area (Å²) in [6, 6.07) is -0.344. The Bertz CT molecular complexity index is 612. The van der Waals surface area contributed by atoms with Gasteiger partial charge in [0.25, 0.3) is 0 Å². The maximum absolute atomic E-state index is 11.9. The number of aliphatic hydroxyl groups is 1. The van der Waals surface area contributed by atoms with Gasteiger partial charge in [0.15, 0.2) is 12.7 Å². The molecule has 0 bridgehead atoms. The minimum Gasteiger partial charge on any atom is -0.465 e. The highest BCUT2D eigenvalue weighted by Crippen LogP contribution is 2.14. The van der Waals surface area contributed by atoms with Gasteiger partial charge >= 0.3 is 5.97 Å². The number of hydrogen-bond donors (Lipinski definition) is 2. The van der Waals surface area contributed by atoms with Crippen LogP contribution in [0.3, 0.4) is 0 Å². The number of likely N-dealkylation sites (tertiary alicyclic amines) is 1. The number of aromatic nitrogens is 3. The summed E-state index contributed by atoms with van der Waals surface area (Å²) >= 11 is 5.54. The first-order valence-electron chi connectivity index (χ1n) is 7.87. The van der Waals surface area contributed by atoms with Crippen molar-refractivity contribution in [1.29, 1.82) is 0 Å². The molecule has 1 unspecified atom stereocenters. The van der Waals surface area contributed by atoms with E-state index in [4.69, 9.17) is 17.0 Å². The molecule has 1 saturated heterocycles. The molecular formula is C14H23N4O3S+. The Balaban J connectivity index is 1.81. The Morgan fingerprint density at radius 2 is 2.32 bits per heavy atom. The lowest BCUT2D eigenvalue weighted by Crippen LogP contribution is -3.14. The lowest BCUT2D eigenvalue weighted by Gasteiger charge is -2.18. The molecule has 22 heavy (non-hydrogen) atoms. The lowest BCUT2D eigenvalue weighted by atomic mass is 10.2. The Kier molecular flexibility index (Phi) is 4.60. The molecule has 3 rings (SSSR count). The predicted octanol–water partition coefficient (Wildman–Crippen LogP) is -0.711. The topological polar surface area (TPSA) is 73.7 Å². The molecular weight excluding hydrogens is 304 g/mol. The van der Waals surface area contributed by atoms with Crippen LogP contribution in [0.25, 0.3) is 0 Å². The van der Waals surface area contributed by atoms with Crippen LogP contribution in [0.15, 0.2) is 0 Å². The van der Waals surface area contributed by atoms with Gasteiger partial charge < -0.3 is 19.3 Å². The number of methoxy groups -OCH3 is 1. The Labute approximate surface area is 134 Å². The van der Waals surface area contributed by atoms with Crippen molar-refractivity contribution < 1.29 is 19.5 Å². The van der Waals surface area contributed by atoms with Gasteiger partial charge in [-0.05, 0) is 25.1 Å². The summed E-state index contributed by atoms with van der Waals surface area (Å²) in [4.78, 5) is 12.8. The van der Waals surface area contributed by atoms with E-state index < -0.39 is 6.10 Å². The second-order valence-corrected chi connectivity index (χ2v) is 6.51. The number of nitrogens with zero attached hydrogens (tertiary/aromatic N) is 3. The third kappa shape index (κ3) is 2.95. The van der Waals surface area contributed by atoms with Crippen molar-refractivity contribution in [1.82, 2.24) is 14.3 Å². The normalized spacial score (nSPS) is 28.2. The van der Waals surface area contributed by atoms with Crippen LogP contribution in [0.1, 0.15) is 31.5 Å². The molecule has 2 aliphatic heterocycles. The van der Waals surface area contributed by atoms with Crippen molar-refractivity contribution in [2.45, 2.75) is 57.5 Å². The van der Waals surface area contributed by atoms with Crippen LogP contribution in [0, 0.1) is 4.77 Å². The highest BCUT2D eigenvalue weighted by Gasteiger charge is 2.41. The number of aliphatic hydroxyl groups excluding tert-OH is 1. The van der Waals surface area contributed by atoms with E-state index in [2.05, 4.69) is 9.67 Å². The highest BCUT2D eigenvalue weighted by atomic mass is 32.1. The number of esters is 1. The maximum Gasteiger partial charge on any atom is 0.364 e. The van der Waals surface area contributed by atoms with Gasteiger partial charge in [0, 0.05) is 19.4 Å². The van der Waals surface area contributed by atoms with Crippen LogP contribution in [0.4, 0.5) is 0 Å². The molecule has 3 atom stereocenters. The minimum absolute atomic E-state index is 0.279. The van der Waals surface area contributed by atoms with Crippen LogP contribution >= 0.6 is 12.2 Å². The Morgan fingerprint density at radius 1 is 1.50 bits per heavy atom. The Hall–Kier alpha value is -1.25. The molecule has 2 N–H and O–H groups in total. The first kappa shape index (κ1) is 15.6. The zero-order valence-corrected chi connectivity index (χ0v) is 13.6. The summed E-state index contributed by atoms with van der Waals surface area (Å²) in [7, 11) is 1.38. The molecule has 0 spiro atoms. The second kappa shape index (κ2) is 6.47. The molecule has 122 valence electrons. The third-order valence-electron chi connectivity index (χ3n) is 4.62. The van der Waals surface area contributed by atoms with Gasteiger partial charge in [-0.2, -0.15) is 9.78 Å². The summed E-state index contributed by atoms with van der Waals surface area (Å²) in [6.45, 7) is 1.94. The first-order chi connectivity index (χ1) is 10.6. The van der Waals surface area contributed by atoms with Gasteiger partial charge in [-0.15, -0.1) is 0 Å². The maximum atomic E-state index is 11.9. The molecule has 2 aliphatic rings. The van der Waals surface area contributed by atoms with Crippen LogP contribution in [-0.4, -0.2) is 51.2 Å². The highest BCUT2D eigenvalue weighted by molar-refractivity contribution is 7.71. The summed E-state index contributed by atoms with van der Waals surface area (Å²) in [6.07, 6.45) is 4.40. The third-order valence-corrected chi connectivity index (χ3v) is 5.05. The zero-order valence-electron chi connectivity index (χ0n) is 12.8. The smallest absolute Gasteiger partial charge is 0.364 e. The number of fused-ring (bicyclic) bond motifs is 1. The molecule has 7 nitrogen and oxygen atoms in total. The van der Waals surface area contributed by atoms with Crippen molar-refractivity contribution in [2.24, 2.45) is 0 Å². The van der Waals surface area contributed by atoms with E-state index in [9.17, 15) is 9.90 Å². The van der Waals surface area contributed by atoms with Gasteiger partial charge in [0.05, 0.1) is 7.11 Å². The van der Waals surface area contributed by atoms with Crippen LogP contribution in [0.5, 0.6) is 0 Å². The molecule has 3 heterocycles. The monoisotopic (exact) mass is 327 g/mol. The van der Waals surface area contributed by atoms with Crippen molar-refractivity contribution in [2.75, 3.05) is 13.7 Å². The standard InChI is InChI=1S/C14H22N4O3S/c1-21-13(20)11-7-10(19)8-16(11)9-18-14(22)17-6-4-2-3-5-12(17)15-18/h10-11,19H,2-9H2,1H3/p+1/t10-,11-/m0/s1. The fraction of sp³-hybridized carbons (Fsp3) is 0.786. The minimum atomic E-state index is -0.478. The Morgan fingerprint density at radius 3 is 3.09 bits per heavy atom.